The van der Waals surface area contributed by atoms with E-state index in [1.165, 1.54) is 0 Å². The Morgan fingerprint density at radius 3 is 2.48 bits per heavy atom. The Labute approximate surface area is 125 Å². The number of hydrogen-bond donors (Lipinski definition) is 2. The number of likely N-dealkylation sites (tertiary alicyclic amines) is 1. The lowest BCUT2D eigenvalue weighted by atomic mass is 10.2. The van der Waals surface area contributed by atoms with E-state index >= 15 is 0 Å². The molecule has 0 aromatic heterocycles. The first-order valence-corrected chi connectivity index (χ1v) is 7.50. The number of urea groups is 1. The van der Waals surface area contributed by atoms with Gasteiger partial charge in [-0.2, -0.15) is 0 Å². The van der Waals surface area contributed by atoms with Gasteiger partial charge < -0.3 is 24.9 Å². The van der Waals surface area contributed by atoms with Crippen molar-refractivity contribution in [3.63, 3.8) is 0 Å². The van der Waals surface area contributed by atoms with Crippen molar-refractivity contribution in [1.82, 2.24) is 14.7 Å². The minimum absolute atomic E-state index is 0.00595. The van der Waals surface area contributed by atoms with Crippen molar-refractivity contribution in [2.45, 2.75) is 43.9 Å². The molecule has 1 aliphatic carbocycles. The van der Waals surface area contributed by atoms with E-state index in [0.29, 0.717) is 19.5 Å². The van der Waals surface area contributed by atoms with E-state index in [-0.39, 0.29) is 31.1 Å². The van der Waals surface area contributed by atoms with Crippen LogP contribution in [-0.4, -0.2) is 88.8 Å². The first-order valence-electron chi connectivity index (χ1n) is 7.50. The van der Waals surface area contributed by atoms with Crippen molar-refractivity contribution in [3.8, 4) is 0 Å². The lowest BCUT2D eigenvalue weighted by molar-refractivity contribution is -0.137. The molecule has 7 heteroatoms. The molecule has 0 aromatic carbocycles. The number of amides is 2. The smallest absolute Gasteiger partial charge is 0.320 e. The highest BCUT2D eigenvalue weighted by Gasteiger charge is 2.40. The predicted octanol–water partition coefficient (Wildman–Crippen LogP) is 0.0423. The summed E-state index contributed by atoms with van der Waals surface area (Å²) in [5.41, 5.74) is 0. The van der Waals surface area contributed by atoms with Gasteiger partial charge >= 0.3 is 12.0 Å². The molecule has 0 aromatic rings. The first-order chi connectivity index (χ1) is 9.88. The minimum atomic E-state index is -0.889. The maximum absolute atomic E-state index is 12.7. The molecule has 2 fully saturated rings. The van der Waals surface area contributed by atoms with Crippen molar-refractivity contribution in [3.05, 3.63) is 0 Å². The molecular formula is C14H25N3O4. The summed E-state index contributed by atoms with van der Waals surface area (Å²) in [5, 5.41) is 18.7. The molecule has 2 amide bonds. The molecule has 21 heavy (non-hydrogen) atoms. The molecule has 7 nitrogen and oxygen atoms in total. The molecule has 2 rings (SSSR count). The van der Waals surface area contributed by atoms with Crippen molar-refractivity contribution in [2.24, 2.45) is 0 Å². The summed E-state index contributed by atoms with van der Waals surface area (Å²) < 4.78 is 0. The highest BCUT2D eigenvalue weighted by Crippen LogP contribution is 2.30. The van der Waals surface area contributed by atoms with E-state index in [1.54, 1.807) is 9.80 Å². The molecule has 2 atom stereocenters. The molecule has 2 unspecified atom stereocenters. The van der Waals surface area contributed by atoms with Crippen LogP contribution in [0.15, 0.2) is 0 Å². The van der Waals surface area contributed by atoms with Gasteiger partial charge in [-0.15, -0.1) is 0 Å². The number of carbonyl (C=O) groups is 2. The van der Waals surface area contributed by atoms with Crippen LogP contribution < -0.4 is 0 Å². The van der Waals surface area contributed by atoms with Crippen LogP contribution in [0.25, 0.3) is 0 Å². The van der Waals surface area contributed by atoms with E-state index in [4.69, 9.17) is 5.11 Å². The zero-order valence-electron chi connectivity index (χ0n) is 12.7. The molecule has 0 bridgehead atoms. The fraction of sp³-hybridized carbons (Fsp3) is 0.857. The topological polar surface area (TPSA) is 84.3 Å². The average molecular weight is 299 g/mol. The molecule has 2 aliphatic rings. The van der Waals surface area contributed by atoms with Crippen LogP contribution in [0.4, 0.5) is 4.79 Å². The summed E-state index contributed by atoms with van der Waals surface area (Å²) in [7, 11) is 3.88. The van der Waals surface area contributed by atoms with Crippen molar-refractivity contribution in [1.29, 1.82) is 0 Å². The number of β-amino-alcohol motifs (C(OH)–C–C–N with tert-alkyl or cyclic N) is 1. The summed E-state index contributed by atoms with van der Waals surface area (Å²) in [5.74, 6) is -0.889. The van der Waals surface area contributed by atoms with Crippen LogP contribution in [0, 0.1) is 0 Å². The van der Waals surface area contributed by atoms with Gasteiger partial charge in [-0.3, -0.25) is 4.79 Å². The number of carboxylic acid groups (broad SMARTS) is 1. The number of aliphatic carboxylic acids is 1. The average Bonchev–Trinajstić information content (AvgIpc) is 3.13. The predicted molar refractivity (Wildman–Crippen MR) is 77.0 cm³/mol. The maximum Gasteiger partial charge on any atom is 0.320 e. The third-order valence-corrected chi connectivity index (χ3v) is 4.01. The van der Waals surface area contributed by atoms with Gasteiger partial charge in [0.1, 0.15) is 0 Å². The molecular weight excluding hydrogens is 274 g/mol. The normalized spacial score (nSPS) is 25.4. The Kier molecular flexibility index (Phi) is 5.05. The molecule has 0 radical (unpaired) electrons. The Morgan fingerprint density at radius 1 is 1.29 bits per heavy atom. The number of aliphatic hydroxyl groups is 1. The van der Waals surface area contributed by atoms with E-state index in [0.717, 1.165) is 12.8 Å². The highest BCUT2D eigenvalue weighted by atomic mass is 16.4. The number of rotatable bonds is 6. The van der Waals surface area contributed by atoms with E-state index in [2.05, 4.69) is 0 Å². The van der Waals surface area contributed by atoms with Gasteiger partial charge in [0.2, 0.25) is 0 Å². The Bertz CT molecular complexity index is 398. The van der Waals surface area contributed by atoms with Crippen LogP contribution >= 0.6 is 0 Å². The van der Waals surface area contributed by atoms with Gasteiger partial charge in [-0.1, -0.05) is 0 Å². The molecule has 1 saturated heterocycles. The zero-order chi connectivity index (χ0) is 15.6. The lowest BCUT2D eigenvalue weighted by Crippen LogP contribution is -2.49. The van der Waals surface area contributed by atoms with Gasteiger partial charge in [-0.05, 0) is 33.4 Å². The van der Waals surface area contributed by atoms with Gasteiger partial charge in [0, 0.05) is 31.7 Å². The third kappa shape index (κ3) is 4.31. The Hall–Kier alpha value is -1.34. The van der Waals surface area contributed by atoms with Gasteiger partial charge in [-0.25, -0.2) is 4.79 Å². The SMILES string of the molecule is CN(C)CC1CC(O)CN1C(=O)N(CCC(=O)O)C1CC1. The van der Waals surface area contributed by atoms with Crippen LogP contribution in [0.2, 0.25) is 0 Å². The Morgan fingerprint density at radius 2 is 1.95 bits per heavy atom. The second kappa shape index (κ2) is 6.62. The molecule has 0 spiro atoms. The third-order valence-electron chi connectivity index (χ3n) is 4.01. The number of carbonyl (C=O) groups excluding carboxylic acids is 1. The van der Waals surface area contributed by atoms with E-state index in [1.807, 2.05) is 19.0 Å². The summed E-state index contributed by atoms with van der Waals surface area (Å²) >= 11 is 0. The lowest BCUT2D eigenvalue weighted by Gasteiger charge is -2.32. The second-order valence-corrected chi connectivity index (χ2v) is 6.31. The van der Waals surface area contributed by atoms with Crippen LogP contribution in [-0.2, 0) is 4.79 Å². The van der Waals surface area contributed by atoms with Gasteiger partial charge in [0.15, 0.2) is 0 Å². The van der Waals surface area contributed by atoms with Crippen molar-refractivity contribution in [2.75, 3.05) is 33.7 Å². The molecule has 1 heterocycles. The Balaban J connectivity index is 2.02. The number of carboxylic acids is 1. The second-order valence-electron chi connectivity index (χ2n) is 6.31. The summed E-state index contributed by atoms with van der Waals surface area (Å²) in [6, 6.07) is 0.0466. The van der Waals surface area contributed by atoms with Crippen LogP contribution in [0.1, 0.15) is 25.7 Å². The molecule has 120 valence electrons. The largest absolute Gasteiger partial charge is 0.481 e. The molecule has 2 N–H and O–H groups in total. The first kappa shape index (κ1) is 16.0. The number of hydrogen-bond acceptors (Lipinski definition) is 4. The number of aliphatic hydroxyl groups excluding tert-OH is 1. The quantitative estimate of drug-likeness (QED) is 0.723. The minimum Gasteiger partial charge on any atom is -0.481 e. The number of nitrogens with zero attached hydrogens (tertiary/aromatic N) is 3. The standard InChI is InChI=1S/C14H25N3O4/c1-15(2)8-11-7-12(18)9-17(11)14(21)16(10-3-4-10)6-5-13(19)20/h10-12,18H,3-9H2,1-2H3,(H,19,20). The fourth-order valence-electron chi connectivity index (χ4n) is 2.92. The highest BCUT2D eigenvalue weighted by molar-refractivity contribution is 5.77. The maximum atomic E-state index is 12.7. The molecule has 1 saturated carbocycles. The van der Waals surface area contributed by atoms with Crippen LogP contribution in [0.3, 0.4) is 0 Å². The van der Waals surface area contributed by atoms with Gasteiger partial charge in [0.25, 0.3) is 0 Å². The van der Waals surface area contributed by atoms with Gasteiger partial charge in [0.05, 0.1) is 12.5 Å². The van der Waals surface area contributed by atoms with Crippen molar-refractivity contribution < 1.29 is 19.8 Å². The monoisotopic (exact) mass is 299 g/mol. The van der Waals surface area contributed by atoms with E-state index in [9.17, 15) is 14.7 Å². The molecule has 1 aliphatic heterocycles. The van der Waals surface area contributed by atoms with Crippen molar-refractivity contribution >= 4 is 12.0 Å². The summed E-state index contributed by atoms with van der Waals surface area (Å²) in [4.78, 5) is 28.9. The zero-order valence-corrected chi connectivity index (χ0v) is 12.7. The summed E-state index contributed by atoms with van der Waals surface area (Å²) in [6.45, 7) is 1.30. The number of likely N-dealkylation sites (N-methyl/N-ethyl adjacent to an activating group) is 1. The van der Waals surface area contributed by atoms with Crippen LogP contribution in [0.5, 0.6) is 0 Å². The fourth-order valence-corrected chi connectivity index (χ4v) is 2.92. The summed E-state index contributed by atoms with van der Waals surface area (Å²) in [6.07, 6.45) is 1.96. The van der Waals surface area contributed by atoms with E-state index < -0.39 is 12.1 Å².